The Kier molecular flexibility index (Phi) is 4.79. The van der Waals surface area contributed by atoms with E-state index in [1.54, 1.807) is 24.3 Å². The van der Waals surface area contributed by atoms with Gasteiger partial charge in [-0.1, -0.05) is 30.3 Å². The minimum Gasteiger partial charge on any atom is -0.481 e. The molecule has 2 N–H and O–H groups in total. The van der Waals surface area contributed by atoms with Crippen LogP contribution in [0.3, 0.4) is 0 Å². The van der Waals surface area contributed by atoms with Crippen molar-refractivity contribution in [2.75, 3.05) is 6.54 Å². The van der Waals surface area contributed by atoms with E-state index >= 15 is 0 Å². The molecule has 3 rings (SSSR count). The standard InChI is InChI=1S/C19H20N2O3/c20-18(22)15-8-10-16(11-9-15)24-17-7-4-12-21(19(17)23)13-14-5-2-1-3-6-14/h1-3,5-6,8-11,17H,4,7,12-13H2,(H2,20,22)/t17-/m1/s1. The average molecular weight is 324 g/mol. The minimum absolute atomic E-state index is 0.00378. The molecular formula is C19H20N2O3. The van der Waals surface area contributed by atoms with E-state index in [2.05, 4.69) is 0 Å². The number of carbonyl (C=O) groups excluding carboxylic acids is 2. The van der Waals surface area contributed by atoms with Crippen molar-refractivity contribution in [3.63, 3.8) is 0 Å². The van der Waals surface area contributed by atoms with Crippen LogP contribution in [-0.4, -0.2) is 29.4 Å². The zero-order valence-corrected chi connectivity index (χ0v) is 13.4. The van der Waals surface area contributed by atoms with E-state index in [1.165, 1.54) is 0 Å². The van der Waals surface area contributed by atoms with Gasteiger partial charge in [-0.05, 0) is 42.7 Å². The molecule has 2 aromatic carbocycles. The topological polar surface area (TPSA) is 72.6 Å². The Morgan fingerprint density at radius 3 is 2.50 bits per heavy atom. The van der Waals surface area contributed by atoms with Crippen LogP contribution in [0.15, 0.2) is 54.6 Å². The van der Waals surface area contributed by atoms with Crippen molar-refractivity contribution in [1.82, 2.24) is 4.90 Å². The van der Waals surface area contributed by atoms with Gasteiger partial charge in [-0.3, -0.25) is 9.59 Å². The number of hydrogen-bond acceptors (Lipinski definition) is 3. The third-order valence-electron chi connectivity index (χ3n) is 4.11. The van der Waals surface area contributed by atoms with E-state index in [0.29, 0.717) is 24.3 Å². The van der Waals surface area contributed by atoms with E-state index < -0.39 is 12.0 Å². The lowest BCUT2D eigenvalue weighted by Crippen LogP contribution is -2.46. The third kappa shape index (κ3) is 3.74. The summed E-state index contributed by atoms with van der Waals surface area (Å²) in [6.07, 6.45) is 1.12. The normalized spacial score (nSPS) is 17.6. The van der Waals surface area contributed by atoms with Gasteiger partial charge in [-0.15, -0.1) is 0 Å². The summed E-state index contributed by atoms with van der Waals surface area (Å²) in [7, 11) is 0. The van der Waals surface area contributed by atoms with Gasteiger partial charge >= 0.3 is 0 Å². The van der Waals surface area contributed by atoms with Crippen LogP contribution >= 0.6 is 0 Å². The number of hydrogen-bond donors (Lipinski definition) is 1. The lowest BCUT2D eigenvalue weighted by atomic mass is 10.1. The smallest absolute Gasteiger partial charge is 0.263 e. The summed E-state index contributed by atoms with van der Waals surface area (Å²) in [6.45, 7) is 1.34. The minimum atomic E-state index is -0.484. The van der Waals surface area contributed by atoms with Gasteiger partial charge < -0.3 is 15.4 Å². The highest BCUT2D eigenvalue weighted by molar-refractivity contribution is 5.92. The number of amides is 2. The average Bonchev–Trinajstić information content (AvgIpc) is 2.60. The first kappa shape index (κ1) is 16.1. The Morgan fingerprint density at radius 2 is 1.83 bits per heavy atom. The molecule has 2 aromatic rings. The van der Waals surface area contributed by atoms with Gasteiger partial charge in [0.05, 0.1) is 0 Å². The number of nitrogens with zero attached hydrogens (tertiary/aromatic N) is 1. The number of nitrogens with two attached hydrogens (primary N) is 1. The van der Waals surface area contributed by atoms with Gasteiger partial charge in [0.1, 0.15) is 5.75 Å². The lowest BCUT2D eigenvalue weighted by molar-refractivity contribution is -0.142. The molecule has 0 radical (unpaired) electrons. The van der Waals surface area contributed by atoms with Crippen LogP contribution < -0.4 is 10.5 Å². The van der Waals surface area contributed by atoms with Gasteiger partial charge in [-0.25, -0.2) is 0 Å². The third-order valence-corrected chi connectivity index (χ3v) is 4.11. The highest BCUT2D eigenvalue weighted by Crippen LogP contribution is 2.21. The maximum Gasteiger partial charge on any atom is 0.263 e. The Hall–Kier alpha value is -2.82. The van der Waals surface area contributed by atoms with E-state index in [4.69, 9.17) is 10.5 Å². The largest absolute Gasteiger partial charge is 0.481 e. The maximum atomic E-state index is 12.6. The molecule has 1 fully saturated rings. The second-order valence-corrected chi connectivity index (χ2v) is 5.88. The number of piperidine rings is 1. The molecule has 1 heterocycles. The van der Waals surface area contributed by atoms with Gasteiger partial charge in [-0.2, -0.15) is 0 Å². The van der Waals surface area contributed by atoms with Crippen molar-refractivity contribution in [2.24, 2.45) is 5.73 Å². The molecule has 0 saturated carbocycles. The molecule has 1 aliphatic rings. The fourth-order valence-corrected chi connectivity index (χ4v) is 2.84. The van der Waals surface area contributed by atoms with Gasteiger partial charge in [0.25, 0.3) is 5.91 Å². The van der Waals surface area contributed by atoms with Crippen LogP contribution in [0, 0.1) is 0 Å². The fraction of sp³-hybridized carbons (Fsp3) is 0.263. The highest BCUT2D eigenvalue weighted by Gasteiger charge is 2.30. The summed E-state index contributed by atoms with van der Waals surface area (Å²) in [4.78, 5) is 25.6. The van der Waals surface area contributed by atoms with Crippen LogP contribution in [0.5, 0.6) is 5.75 Å². The quantitative estimate of drug-likeness (QED) is 0.917. The van der Waals surface area contributed by atoms with Crippen molar-refractivity contribution in [1.29, 1.82) is 0 Å². The lowest BCUT2D eigenvalue weighted by Gasteiger charge is -2.32. The Bertz CT molecular complexity index is 713. The summed E-state index contributed by atoms with van der Waals surface area (Å²) in [5.74, 6) is 0.0910. The number of ether oxygens (including phenoxy) is 1. The van der Waals surface area contributed by atoms with E-state index in [-0.39, 0.29) is 5.91 Å². The fourth-order valence-electron chi connectivity index (χ4n) is 2.84. The monoisotopic (exact) mass is 324 g/mol. The molecule has 5 heteroatoms. The second kappa shape index (κ2) is 7.17. The summed E-state index contributed by atoms with van der Waals surface area (Å²) in [6, 6.07) is 16.5. The molecular weight excluding hydrogens is 304 g/mol. The van der Waals surface area contributed by atoms with Crippen LogP contribution in [0.2, 0.25) is 0 Å². The number of carbonyl (C=O) groups is 2. The SMILES string of the molecule is NC(=O)c1ccc(O[C@@H]2CCCN(Cc3ccccc3)C2=O)cc1. The van der Waals surface area contributed by atoms with Crippen molar-refractivity contribution in [3.8, 4) is 5.75 Å². The summed E-state index contributed by atoms with van der Waals surface area (Å²) < 4.78 is 5.83. The van der Waals surface area contributed by atoms with Gasteiger partial charge in [0.2, 0.25) is 5.91 Å². The molecule has 0 aliphatic carbocycles. The maximum absolute atomic E-state index is 12.6. The van der Waals surface area contributed by atoms with E-state index in [0.717, 1.165) is 18.5 Å². The van der Waals surface area contributed by atoms with Gasteiger partial charge in [0.15, 0.2) is 6.10 Å². The second-order valence-electron chi connectivity index (χ2n) is 5.88. The molecule has 24 heavy (non-hydrogen) atoms. The first-order valence-electron chi connectivity index (χ1n) is 8.03. The molecule has 124 valence electrons. The van der Waals surface area contributed by atoms with Gasteiger partial charge in [0, 0.05) is 18.7 Å². The van der Waals surface area contributed by atoms with Crippen molar-refractivity contribution < 1.29 is 14.3 Å². The molecule has 2 amide bonds. The first-order valence-corrected chi connectivity index (χ1v) is 8.03. The zero-order chi connectivity index (χ0) is 16.9. The molecule has 1 atom stereocenters. The van der Waals surface area contributed by atoms with Crippen LogP contribution in [-0.2, 0) is 11.3 Å². The number of benzene rings is 2. The van der Waals surface area contributed by atoms with Crippen LogP contribution in [0.25, 0.3) is 0 Å². The number of likely N-dealkylation sites (tertiary alicyclic amines) is 1. The Balaban J connectivity index is 1.65. The molecule has 0 bridgehead atoms. The molecule has 0 aromatic heterocycles. The van der Waals surface area contributed by atoms with E-state index in [9.17, 15) is 9.59 Å². The predicted octanol–water partition coefficient (Wildman–Crippen LogP) is 2.36. The van der Waals surface area contributed by atoms with E-state index in [1.807, 2.05) is 35.2 Å². The summed E-state index contributed by atoms with van der Waals surface area (Å²) >= 11 is 0. The molecule has 0 unspecified atom stereocenters. The predicted molar refractivity (Wildman–Crippen MR) is 90.5 cm³/mol. The Labute approximate surface area is 141 Å². The number of primary amides is 1. The molecule has 1 saturated heterocycles. The summed E-state index contributed by atoms with van der Waals surface area (Å²) in [5.41, 5.74) is 6.75. The number of rotatable bonds is 5. The Morgan fingerprint density at radius 1 is 1.12 bits per heavy atom. The molecule has 1 aliphatic heterocycles. The van der Waals surface area contributed by atoms with Crippen molar-refractivity contribution in [2.45, 2.75) is 25.5 Å². The molecule has 0 spiro atoms. The molecule has 5 nitrogen and oxygen atoms in total. The zero-order valence-electron chi connectivity index (χ0n) is 13.4. The first-order chi connectivity index (χ1) is 11.6. The summed E-state index contributed by atoms with van der Waals surface area (Å²) in [5, 5.41) is 0. The highest BCUT2D eigenvalue weighted by atomic mass is 16.5. The van der Waals surface area contributed by atoms with Crippen LogP contribution in [0.1, 0.15) is 28.8 Å². The van der Waals surface area contributed by atoms with Crippen molar-refractivity contribution >= 4 is 11.8 Å². The van der Waals surface area contributed by atoms with Crippen molar-refractivity contribution in [3.05, 3.63) is 65.7 Å². The van der Waals surface area contributed by atoms with Crippen LogP contribution in [0.4, 0.5) is 0 Å².